The van der Waals surface area contributed by atoms with Crippen LogP contribution in [0.4, 0.5) is 0 Å². The van der Waals surface area contributed by atoms with Gasteiger partial charge in [-0.1, -0.05) is 18.2 Å². The molecule has 0 bridgehead atoms. The summed E-state index contributed by atoms with van der Waals surface area (Å²) in [6.45, 7) is 0. The summed E-state index contributed by atoms with van der Waals surface area (Å²) in [5.41, 5.74) is 2.10. The van der Waals surface area contributed by atoms with E-state index in [0.29, 0.717) is 6.42 Å². The number of esters is 2. The van der Waals surface area contributed by atoms with Crippen LogP contribution in [0.5, 0.6) is 5.75 Å². The predicted molar refractivity (Wildman–Crippen MR) is 76.2 cm³/mol. The molecule has 0 amide bonds. The van der Waals surface area contributed by atoms with Crippen LogP contribution in [0.3, 0.4) is 0 Å². The number of benzene rings is 2. The van der Waals surface area contributed by atoms with Gasteiger partial charge >= 0.3 is 11.9 Å². The quantitative estimate of drug-likeness (QED) is 0.596. The Morgan fingerprint density at radius 2 is 2.00 bits per heavy atom. The number of cyclic esters (lactones) is 2. The SMILES string of the molecule is COc1ccc2c3c(ccc2c1)C1C(=O)OC(=O)C1CC3. The third-order valence-electron chi connectivity index (χ3n) is 4.58. The second kappa shape index (κ2) is 4.32. The standard InChI is InChI=1S/C17H14O4/c1-20-10-3-5-11-9(8-10)2-4-13-12(11)6-7-14-15(13)17(19)21-16(14)18/h2-5,8,14-15H,6-7H2,1H3. The van der Waals surface area contributed by atoms with Crippen molar-refractivity contribution in [1.29, 1.82) is 0 Å². The van der Waals surface area contributed by atoms with Crippen molar-refractivity contribution in [1.82, 2.24) is 0 Å². The highest BCUT2D eigenvalue weighted by molar-refractivity contribution is 6.01. The van der Waals surface area contributed by atoms with E-state index in [2.05, 4.69) is 0 Å². The van der Waals surface area contributed by atoms with E-state index in [-0.39, 0.29) is 11.9 Å². The Bertz CT molecular complexity index is 778. The van der Waals surface area contributed by atoms with Crippen LogP contribution in [0.1, 0.15) is 23.5 Å². The van der Waals surface area contributed by atoms with E-state index in [1.54, 1.807) is 7.11 Å². The number of hydrogen-bond donors (Lipinski definition) is 0. The number of methoxy groups -OCH3 is 1. The number of rotatable bonds is 1. The lowest BCUT2D eigenvalue weighted by Gasteiger charge is -2.25. The molecule has 0 saturated carbocycles. The van der Waals surface area contributed by atoms with E-state index in [1.807, 2.05) is 30.3 Å². The van der Waals surface area contributed by atoms with Gasteiger partial charge in [-0.05, 0) is 46.9 Å². The van der Waals surface area contributed by atoms with E-state index in [1.165, 1.54) is 0 Å². The molecule has 2 aliphatic rings. The number of hydrogen-bond acceptors (Lipinski definition) is 4. The molecule has 1 heterocycles. The molecule has 0 radical (unpaired) electrons. The lowest BCUT2D eigenvalue weighted by Crippen LogP contribution is -2.23. The van der Waals surface area contributed by atoms with Crippen LogP contribution in [-0.4, -0.2) is 19.0 Å². The Morgan fingerprint density at radius 1 is 1.14 bits per heavy atom. The van der Waals surface area contributed by atoms with E-state index in [4.69, 9.17) is 9.47 Å². The zero-order valence-electron chi connectivity index (χ0n) is 11.6. The van der Waals surface area contributed by atoms with Gasteiger partial charge in [-0.3, -0.25) is 9.59 Å². The molecule has 2 aromatic carbocycles. The zero-order valence-corrected chi connectivity index (χ0v) is 11.6. The van der Waals surface area contributed by atoms with Gasteiger partial charge in [0.15, 0.2) is 0 Å². The fourth-order valence-electron chi connectivity index (χ4n) is 3.55. The average Bonchev–Trinajstić information content (AvgIpc) is 2.81. The lowest BCUT2D eigenvalue weighted by molar-refractivity contribution is -0.153. The molecular weight excluding hydrogens is 268 g/mol. The van der Waals surface area contributed by atoms with Crippen molar-refractivity contribution >= 4 is 22.7 Å². The molecule has 1 fully saturated rings. The summed E-state index contributed by atoms with van der Waals surface area (Å²) in [6, 6.07) is 9.87. The maximum atomic E-state index is 12.0. The van der Waals surface area contributed by atoms with Gasteiger partial charge < -0.3 is 9.47 Å². The molecule has 0 N–H and O–H groups in total. The van der Waals surface area contributed by atoms with Crippen LogP contribution >= 0.6 is 0 Å². The molecule has 1 aliphatic carbocycles. The minimum absolute atomic E-state index is 0.305. The minimum Gasteiger partial charge on any atom is -0.497 e. The monoisotopic (exact) mass is 282 g/mol. The molecule has 2 unspecified atom stereocenters. The predicted octanol–water partition coefficient (Wildman–Crippen LogP) is 2.58. The highest BCUT2D eigenvalue weighted by Gasteiger charge is 2.47. The van der Waals surface area contributed by atoms with Crippen LogP contribution in [0.15, 0.2) is 30.3 Å². The molecule has 4 rings (SSSR count). The Labute approximate surface area is 121 Å². The molecule has 4 heteroatoms. The van der Waals surface area contributed by atoms with Crippen LogP contribution in [0.25, 0.3) is 10.8 Å². The van der Waals surface area contributed by atoms with Gasteiger partial charge in [0.2, 0.25) is 0 Å². The van der Waals surface area contributed by atoms with Gasteiger partial charge in [0.1, 0.15) is 5.75 Å². The molecule has 4 nitrogen and oxygen atoms in total. The van der Waals surface area contributed by atoms with Crippen molar-refractivity contribution in [3.63, 3.8) is 0 Å². The Kier molecular flexibility index (Phi) is 2.55. The van der Waals surface area contributed by atoms with Crippen molar-refractivity contribution in [2.24, 2.45) is 5.92 Å². The largest absolute Gasteiger partial charge is 0.497 e. The average molecular weight is 282 g/mol. The highest BCUT2D eigenvalue weighted by Crippen LogP contribution is 2.44. The molecule has 106 valence electrons. The first-order valence-electron chi connectivity index (χ1n) is 7.04. The summed E-state index contributed by atoms with van der Waals surface area (Å²) < 4.78 is 10.1. The number of carbonyl (C=O) groups is 2. The summed E-state index contributed by atoms with van der Waals surface area (Å²) in [6.07, 6.45) is 1.47. The fourth-order valence-corrected chi connectivity index (χ4v) is 3.55. The molecular formula is C17H14O4. The smallest absolute Gasteiger partial charge is 0.321 e. The van der Waals surface area contributed by atoms with E-state index < -0.39 is 11.9 Å². The molecule has 2 atom stereocenters. The maximum absolute atomic E-state index is 12.0. The summed E-state index contributed by atoms with van der Waals surface area (Å²) in [4.78, 5) is 23.7. The number of ether oxygens (including phenoxy) is 2. The van der Waals surface area contributed by atoms with Crippen LogP contribution < -0.4 is 4.74 Å². The first-order chi connectivity index (χ1) is 10.2. The van der Waals surface area contributed by atoms with Crippen molar-refractivity contribution < 1.29 is 19.1 Å². The zero-order chi connectivity index (χ0) is 14.6. The van der Waals surface area contributed by atoms with Crippen LogP contribution in [0, 0.1) is 5.92 Å². The van der Waals surface area contributed by atoms with Gasteiger partial charge in [-0.15, -0.1) is 0 Å². The lowest BCUT2D eigenvalue weighted by atomic mass is 9.75. The third-order valence-corrected chi connectivity index (χ3v) is 4.58. The van der Waals surface area contributed by atoms with Crippen LogP contribution in [-0.2, 0) is 20.7 Å². The summed E-state index contributed by atoms with van der Waals surface area (Å²) in [5.74, 6) is -0.690. The first-order valence-corrected chi connectivity index (χ1v) is 7.04. The molecule has 2 aromatic rings. The topological polar surface area (TPSA) is 52.6 Å². The van der Waals surface area contributed by atoms with Crippen molar-refractivity contribution in [2.45, 2.75) is 18.8 Å². The molecule has 0 aromatic heterocycles. The summed E-state index contributed by atoms with van der Waals surface area (Å²) in [5, 5.41) is 2.21. The minimum atomic E-state index is -0.423. The second-order valence-corrected chi connectivity index (χ2v) is 5.58. The Morgan fingerprint density at radius 3 is 2.81 bits per heavy atom. The maximum Gasteiger partial charge on any atom is 0.321 e. The third kappa shape index (κ3) is 1.68. The van der Waals surface area contributed by atoms with Gasteiger partial charge in [0.05, 0.1) is 18.9 Å². The van der Waals surface area contributed by atoms with E-state index >= 15 is 0 Å². The van der Waals surface area contributed by atoms with Crippen molar-refractivity contribution in [2.75, 3.05) is 7.11 Å². The molecule has 21 heavy (non-hydrogen) atoms. The van der Waals surface area contributed by atoms with E-state index in [9.17, 15) is 9.59 Å². The molecule has 1 aliphatic heterocycles. The Hall–Kier alpha value is -2.36. The summed E-state index contributed by atoms with van der Waals surface area (Å²) >= 11 is 0. The van der Waals surface area contributed by atoms with Crippen molar-refractivity contribution in [3.8, 4) is 5.75 Å². The number of carbonyl (C=O) groups excluding carboxylic acids is 2. The fraction of sp³-hybridized carbons (Fsp3) is 0.294. The van der Waals surface area contributed by atoms with E-state index in [0.717, 1.165) is 34.1 Å². The van der Waals surface area contributed by atoms with Crippen LogP contribution in [0.2, 0.25) is 0 Å². The molecule has 1 saturated heterocycles. The molecule has 0 spiro atoms. The highest BCUT2D eigenvalue weighted by atomic mass is 16.6. The van der Waals surface area contributed by atoms with Gasteiger partial charge in [0.25, 0.3) is 0 Å². The second-order valence-electron chi connectivity index (χ2n) is 5.58. The normalized spacial score (nSPS) is 23.7. The van der Waals surface area contributed by atoms with Gasteiger partial charge in [-0.25, -0.2) is 0 Å². The summed E-state index contributed by atoms with van der Waals surface area (Å²) in [7, 11) is 1.64. The van der Waals surface area contributed by atoms with Gasteiger partial charge in [-0.2, -0.15) is 0 Å². The van der Waals surface area contributed by atoms with Crippen molar-refractivity contribution in [3.05, 3.63) is 41.5 Å². The number of aryl methyl sites for hydroxylation is 1. The Balaban J connectivity index is 1.92. The van der Waals surface area contributed by atoms with Gasteiger partial charge in [0, 0.05) is 0 Å². The number of fused-ring (bicyclic) bond motifs is 5. The first kappa shape index (κ1) is 12.4.